The van der Waals surface area contributed by atoms with Gasteiger partial charge in [-0.05, 0) is 70.2 Å². The van der Waals surface area contributed by atoms with Gasteiger partial charge in [-0.15, -0.1) is 0 Å². The first kappa shape index (κ1) is 28.7. The van der Waals surface area contributed by atoms with E-state index in [1.54, 1.807) is 11.0 Å². The molecule has 4 rings (SSSR count). The molecule has 3 aliphatic heterocycles. The molecule has 212 valence electrons. The zero-order valence-electron chi connectivity index (χ0n) is 22.8. The molecular weight excluding hydrogens is 497 g/mol. The van der Waals surface area contributed by atoms with E-state index in [0.29, 0.717) is 56.2 Å². The minimum atomic E-state index is -4.35. The van der Waals surface area contributed by atoms with Crippen LogP contribution >= 0.6 is 0 Å². The number of likely N-dealkylation sites (tertiary alicyclic amines) is 2. The topological polar surface area (TPSA) is 56.3 Å². The van der Waals surface area contributed by atoms with Crippen molar-refractivity contribution >= 4 is 17.6 Å². The van der Waals surface area contributed by atoms with Crippen LogP contribution in [0.1, 0.15) is 51.5 Å². The van der Waals surface area contributed by atoms with Crippen LogP contribution in [0.5, 0.6) is 0 Å². The number of amides is 1. The highest BCUT2D eigenvalue weighted by Gasteiger charge is 2.38. The maximum atomic E-state index is 13.2. The minimum absolute atomic E-state index is 0.0210. The Morgan fingerprint density at radius 2 is 1.79 bits per heavy atom. The van der Waals surface area contributed by atoms with Crippen molar-refractivity contribution in [2.24, 2.45) is 5.92 Å². The molecule has 3 atom stereocenters. The fourth-order valence-corrected chi connectivity index (χ4v) is 6.37. The molecule has 38 heavy (non-hydrogen) atoms. The lowest BCUT2D eigenvalue weighted by molar-refractivity contribution is -0.151. The summed E-state index contributed by atoms with van der Waals surface area (Å²) in [5.74, 6) is -0.00177. The van der Waals surface area contributed by atoms with Crippen LogP contribution in [0, 0.1) is 5.92 Å². The molecule has 0 unspecified atom stereocenters. The third-order valence-electron chi connectivity index (χ3n) is 8.55. The standard InChI is InChI=1S/C28H41F3N4O3/c1-20(2)34-13-11-24(21(19-34)9-10-26(36)35-12-5-8-25(35)27(37)38-3)33-16-14-32(15-17-33)23-7-4-6-22(18-23)28(29,30)31/h4,6-7,18,20-21,24-25H,5,8-17,19H2,1-3H3/t21-,24+,25-/m0/s1. The number of alkyl halides is 3. The Morgan fingerprint density at radius 1 is 1.05 bits per heavy atom. The van der Waals surface area contributed by atoms with Crippen LogP contribution in [0.25, 0.3) is 0 Å². The van der Waals surface area contributed by atoms with Gasteiger partial charge in [-0.2, -0.15) is 13.2 Å². The molecule has 1 amide bonds. The van der Waals surface area contributed by atoms with Crippen molar-refractivity contribution in [2.45, 2.75) is 70.3 Å². The highest BCUT2D eigenvalue weighted by atomic mass is 19.4. The lowest BCUT2D eigenvalue weighted by Crippen LogP contribution is -2.57. The average molecular weight is 539 g/mol. The number of piperazine rings is 1. The number of methoxy groups -OCH3 is 1. The fraction of sp³-hybridized carbons (Fsp3) is 0.714. The van der Waals surface area contributed by atoms with Gasteiger partial charge in [-0.3, -0.25) is 9.69 Å². The Labute approximate surface area is 223 Å². The van der Waals surface area contributed by atoms with Crippen molar-refractivity contribution in [3.8, 4) is 0 Å². The lowest BCUT2D eigenvalue weighted by atomic mass is 9.86. The van der Waals surface area contributed by atoms with Gasteiger partial charge < -0.3 is 19.4 Å². The fourth-order valence-electron chi connectivity index (χ4n) is 6.37. The molecule has 3 fully saturated rings. The number of hydrogen-bond acceptors (Lipinski definition) is 6. The van der Waals surface area contributed by atoms with Crippen molar-refractivity contribution in [3.05, 3.63) is 29.8 Å². The van der Waals surface area contributed by atoms with E-state index in [1.165, 1.54) is 19.2 Å². The number of carbonyl (C=O) groups excluding carboxylic acids is 2. The van der Waals surface area contributed by atoms with Crippen LogP contribution in [-0.4, -0.2) is 97.6 Å². The van der Waals surface area contributed by atoms with Crippen LogP contribution in [-0.2, 0) is 20.5 Å². The lowest BCUT2D eigenvalue weighted by Gasteiger charge is -2.48. The summed E-state index contributed by atoms with van der Waals surface area (Å²) in [7, 11) is 1.36. The van der Waals surface area contributed by atoms with Crippen LogP contribution in [0.2, 0.25) is 0 Å². The van der Waals surface area contributed by atoms with E-state index in [2.05, 4.69) is 23.6 Å². The summed E-state index contributed by atoms with van der Waals surface area (Å²) in [6, 6.07) is 5.87. The van der Waals surface area contributed by atoms with Gasteiger partial charge in [0.05, 0.1) is 12.7 Å². The summed E-state index contributed by atoms with van der Waals surface area (Å²) in [6.07, 6.45) is -0.708. The number of piperidine rings is 1. The van der Waals surface area contributed by atoms with Crippen LogP contribution in [0.4, 0.5) is 18.9 Å². The summed E-state index contributed by atoms with van der Waals surface area (Å²) in [6.45, 7) is 9.82. The number of hydrogen-bond donors (Lipinski definition) is 0. The molecule has 10 heteroatoms. The van der Waals surface area contributed by atoms with E-state index in [9.17, 15) is 22.8 Å². The first-order valence-corrected chi connectivity index (χ1v) is 13.9. The Kier molecular flexibility index (Phi) is 9.23. The Bertz CT molecular complexity index is 965. The molecule has 0 bridgehead atoms. The molecule has 1 aromatic carbocycles. The maximum Gasteiger partial charge on any atom is 0.416 e. The van der Waals surface area contributed by atoms with Gasteiger partial charge in [0.15, 0.2) is 0 Å². The molecule has 0 N–H and O–H groups in total. The average Bonchev–Trinajstić information content (AvgIpc) is 3.41. The van der Waals surface area contributed by atoms with E-state index in [-0.39, 0.29) is 11.9 Å². The molecule has 0 radical (unpaired) electrons. The number of benzene rings is 1. The monoisotopic (exact) mass is 538 g/mol. The number of anilines is 1. The molecule has 1 aromatic rings. The van der Waals surface area contributed by atoms with Crippen molar-refractivity contribution in [1.82, 2.24) is 14.7 Å². The number of halogens is 3. The van der Waals surface area contributed by atoms with Gasteiger partial charge in [-0.25, -0.2) is 4.79 Å². The van der Waals surface area contributed by atoms with Crippen LogP contribution in [0.3, 0.4) is 0 Å². The van der Waals surface area contributed by atoms with Crippen molar-refractivity contribution < 1.29 is 27.5 Å². The van der Waals surface area contributed by atoms with Crippen molar-refractivity contribution in [3.63, 3.8) is 0 Å². The van der Waals surface area contributed by atoms with Crippen molar-refractivity contribution in [2.75, 3.05) is 57.8 Å². The molecule has 0 spiro atoms. The molecule has 3 heterocycles. The molecular formula is C28H41F3N4O3. The minimum Gasteiger partial charge on any atom is -0.467 e. The summed E-state index contributed by atoms with van der Waals surface area (Å²) in [4.78, 5) is 33.9. The van der Waals surface area contributed by atoms with Crippen molar-refractivity contribution in [1.29, 1.82) is 0 Å². The van der Waals surface area contributed by atoms with Gasteiger partial charge in [0.1, 0.15) is 6.04 Å². The second kappa shape index (κ2) is 12.2. The summed E-state index contributed by atoms with van der Waals surface area (Å²) in [5.41, 5.74) is -0.00215. The zero-order chi connectivity index (χ0) is 27.4. The highest BCUT2D eigenvalue weighted by Crippen LogP contribution is 2.33. The van der Waals surface area contributed by atoms with Gasteiger partial charge in [-0.1, -0.05) is 6.07 Å². The normalized spacial score (nSPS) is 25.7. The first-order chi connectivity index (χ1) is 18.1. The largest absolute Gasteiger partial charge is 0.467 e. The number of esters is 1. The smallest absolute Gasteiger partial charge is 0.416 e. The third-order valence-corrected chi connectivity index (χ3v) is 8.55. The maximum absolute atomic E-state index is 13.2. The van der Waals surface area contributed by atoms with Gasteiger partial charge in [0.25, 0.3) is 0 Å². The highest BCUT2D eigenvalue weighted by molar-refractivity contribution is 5.85. The predicted molar refractivity (Wildman–Crippen MR) is 140 cm³/mol. The SMILES string of the molecule is COC(=O)[C@@H]1CCCN1C(=O)CC[C@H]1CN(C(C)C)CC[C@H]1N1CCN(c2cccc(C(F)(F)F)c2)CC1. The quantitative estimate of drug-likeness (QED) is 0.492. The number of rotatable bonds is 7. The Morgan fingerprint density at radius 3 is 2.45 bits per heavy atom. The van der Waals surface area contributed by atoms with Gasteiger partial charge in [0.2, 0.25) is 5.91 Å². The number of ether oxygens (including phenoxy) is 1. The Hall–Kier alpha value is -2.33. The summed E-state index contributed by atoms with van der Waals surface area (Å²) in [5, 5.41) is 0. The van der Waals surface area contributed by atoms with E-state index < -0.39 is 17.8 Å². The van der Waals surface area contributed by atoms with E-state index in [4.69, 9.17) is 4.74 Å². The molecule has 7 nitrogen and oxygen atoms in total. The van der Waals surface area contributed by atoms with E-state index >= 15 is 0 Å². The second-order valence-corrected chi connectivity index (χ2v) is 11.1. The van der Waals surface area contributed by atoms with E-state index in [0.717, 1.165) is 51.5 Å². The summed E-state index contributed by atoms with van der Waals surface area (Å²) < 4.78 is 44.5. The van der Waals surface area contributed by atoms with Crippen LogP contribution < -0.4 is 4.90 Å². The predicted octanol–water partition coefficient (Wildman–Crippen LogP) is 3.87. The molecule has 3 saturated heterocycles. The first-order valence-electron chi connectivity index (χ1n) is 13.9. The van der Waals surface area contributed by atoms with Gasteiger partial charge in [0, 0.05) is 63.5 Å². The molecule has 0 aromatic heterocycles. The van der Waals surface area contributed by atoms with Gasteiger partial charge >= 0.3 is 12.1 Å². The van der Waals surface area contributed by atoms with Crippen LogP contribution in [0.15, 0.2) is 24.3 Å². The second-order valence-electron chi connectivity index (χ2n) is 11.1. The molecule has 0 aliphatic carbocycles. The number of carbonyl (C=O) groups is 2. The zero-order valence-corrected chi connectivity index (χ0v) is 22.8. The number of nitrogens with zero attached hydrogens (tertiary/aromatic N) is 4. The van der Waals surface area contributed by atoms with E-state index in [1.807, 2.05) is 4.90 Å². The summed E-state index contributed by atoms with van der Waals surface area (Å²) >= 11 is 0. The Balaban J connectivity index is 1.38. The third kappa shape index (κ3) is 6.62. The molecule has 0 saturated carbocycles. The molecule has 3 aliphatic rings.